The summed E-state index contributed by atoms with van der Waals surface area (Å²) < 4.78 is 11.0. The number of epoxide rings is 1. The molecule has 1 saturated heterocycles. The number of benzene rings is 2. The molecule has 2 aromatic carbocycles. The van der Waals surface area contributed by atoms with Gasteiger partial charge in [-0.05, 0) is 36.8 Å². The van der Waals surface area contributed by atoms with E-state index in [2.05, 4.69) is 0 Å². The van der Waals surface area contributed by atoms with E-state index in [-0.39, 0.29) is 0 Å². The fourth-order valence-electron chi connectivity index (χ4n) is 2.24. The van der Waals surface area contributed by atoms with E-state index in [0.717, 1.165) is 5.56 Å². The summed E-state index contributed by atoms with van der Waals surface area (Å²) >= 11 is 6.05. The highest BCUT2D eigenvalue weighted by Crippen LogP contribution is 2.47. The third-order valence-corrected chi connectivity index (χ3v) is 3.81. The molecule has 4 nitrogen and oxygen atoms in total. The molecule has 0 spiro atoms. The molecule has 1 fully saturated rings. The van der Waals surface area contributed by atoms with E-state index < -0.39 is 17.7 Å². The third kappa shape index (κ3) is 2.60. The Morgan fingerprint density at radius 2 is 2.05 bits per heavy atom. The van der Waals surface area contributed by atoms with Gasteiger partial charge >= 0.3 is 5.97 Å². The van der Waals surface area contributed by atoms with Gasteiger partial charge in [-0.3, -0.25) is 0 Å². The van der Waals surface area contributed by atoms with Gasteiger partial charge in [-0.1, -0.05) is 35.9 Å². The number of carboxylic acid groups (broad SMARTS) is 1. The normalized spacial score (nSPS) is 23.6. The molecule has 0 aliphatic carbocycles. The minimum Gasteiger partial charge on any atom is -0.479 e. The van der Waals surface area contributed by atoms with Gasteiger partial charge in [0.05, 0.1) is 5.02 Å². The van der Waals surface area contributed by atoms with Crippen LogP contribution in [-0.4, -0.2) is 17.2 Å². The highest BCUT2D eigenvalue weighted by Gasteiger charge is 2.58. The van der Waals surface area contributed by atoms with Crippen molar-refractivity contribution in [2.45, 2.75) is 18.6 Å². The summed E-state index contributed by atoms with van der Waals surface area (Å²) in [6.07, 6.45) is -0.812. The topological polar surface area (TPSA) is 59.1 Å². The first-order valence-electron chi connectivity index (χ1n) is 6.44. The average molecular weight is 305 g/mol. The van der Waals surface area contributed by atoms with Crippen molar-refractivity contribution in [2.24, 2.45) is 0 Å². The predicted octanol–water partition coefficient (Wildman–Crippen LogP) is 3.83. The van der Waals surface area contributed by atoms with Gasteiger partial charge in [-0.25, -0.2) is 4.79 Å². The summed E-state index contributed by atoms with van der Waals surface area (Å²) in [5, 5.41) is 9.53. The molecule has 0 bridgehead atoms. The Hall–Kier alpha value is -2.04. The Labute approximate surface area is 126 Å². The molecule has 5 heteroatoms. The van der Waals surface area contributed by atoms with Crippen LogP contribution in [0.1, 0.15) is 12.5 Å². The van der Waals surface area contributed by atoms with Crippen LogP contribution < -0.4 is 4.74 Å². The summed E-state index contributed by atoms with van der Waals surface area (Å²) in [7, 11) is 0. The Morgan fingerprint density at radius 1 is 1.29 bits per heavy atom. The summed E-state index contributed by atoms with van der Waals surface area (Å²) in [6.45, 7) is 1.75. The van der Waals surface area contributed by atoms with E-state index in [1.54, 1.807) is 37.3 Å². The van der Waals surface area contributed by atoms with E-state index in [1.807, 2.05) is 18.2 Å². The predicted molar refractivity (Wildman–Crippen MR) is 77.8 cm³/mol. The van der Waals surface area contributed by atoms with Gasteiger partial charge in [-0.2, -0.15) is 0 Å². The first kappa shape index (κ1) is 13.9. The SMILES string of the molecule is CC1(c2cccc(Oc3ccccc3Cl)c2)OC1C(=O)O. The second-order valence-electron chi connectivity index (χ2n) is 5.00. The maximum Gasteiger partial charge on any atom is 0.336 e. The largest absolute Gasteiger partial charge is 0.479 e. The van der Waals surface area contributed by atoms with Gasteiger partial charge in [-0.15, -0.1) is 0 Å². The fourth-order valence-corrected chi connectivity index (χ4v) is 2.41. The zero-order valence-corrected chi connectivity index (χ0v) is 12.0. The van der Waals surface area contributed by atoms with Gasteiger partial charge in [0.2, 0.25) is 0 Å². The molecule has 2 aromatic rings. The summed E-state index contributed by atoms with van der Waals surface area (Å²) in [5.41, 5.74) is -0.0365. The fraction of sp³-hybridized carbons (Fsp3) is 0.188. The van der Waals surface area contributed by atoms with Crippen LogP contribution >= 0.6 is 11.6 Å². The Kier molecular flexibility index (Phi) is 3.35. The van der Waals surface area contributed by atoms with Crippen molar-refractivity contribution < 1.29 is 19.4 Å². The molecule has 1 heterocycles. The van der Waals surface area contributed by atoms with Crippen LogP contribution in [0.4, 0.5) is 0 Å². The molecule has 1 N–H and O–H groups in total. The van der Waals surface area contributed by atoms with Crippen molar-refractivity contribution in [3.05, 3.63) is 59.1 Å². The quantitative estimate of drug-likeness (QED) is 0.872. The molecule has 0 aromatic heterocycles. The van der Waals surface area contributed by atoms with Crippen LogP contribution in [0.25, 0.3) is 0 Å². The van der Waals surface area contributed by atoms with Crippen LogP contribution in [-0.2, 0) is 15.1 Å². The van der Waals surface area contributed by atoms with E-state index in [4.69, 9.17) is 26.2 Å². The van der Waals surface area contributed by atoms with Crippen LogP contribution in [0.5, 0.6) is 11.5 Å². The van der Waals surface area contributed by atoms with Crippen molar-refractivity contribution in [2.75, 3.05) is 0 Å². The smallest absolute Gasteiger partial charge is 0.336 e. The Morgan fingerprint density at radius 3 is 2.71 bits per heavy atom. The van der Waals surface area contributed by atoms with Crippen molar-refractivity contribution in [1.29, 1.82) is 0 Å². The van der Waals surface area contributed by atoms with Crippen molar-refractivity contribution >= 4 is 17.6 Å². The lowest BCUT2D eigenvalue weighted by Crippen LogP contribution is -2.15. The lowest BCUT2D eigenvalue weighted by molar-refractivity contribution is -0.138. The van der Waals surface area contributed by atoms with Gasteiger partial charge < -0.3 is 14.6 Å². The monoisotopic (exact) mass is 304 g/mol. The number of carboxylic acids is 1. The number of rotatable bonds is 4. The molecule has 0 amide bonds. The van der Waals surface area contributed by atoms with Crippen molar-refractivity contribution in [1.82, 2.24) is 0 Å². The second kappa shape index (κ2) is 5.06. The molecular formula is C16H13ClO4. The highest BCUT2D eigenvalue weighted by molar-refractivity contribution is 6.32. The van der Waals surface area contributed by atoms with E-state index in [1.165, 1.54) is 0 Å². The van der Waals surface area contributed by atoms with Crippen molar-refractivity contribution in [3.8, 4) is 11.5 Å². The molecule has 0 radical (unpaired) electrons. The molecule has 1 aliphatic heterocycles. The number of carbonyl (C=O) groups is 1. The highest BCUT2D eigenvalue weighted by atomic mass is 35.5. The van der Waals surface area contributed by atoms with Gasteiger partial charge in [0.15, 0.2) is 6.10 Å². The third-order valence-electron chi connectivity index (χ3n) is 3.50. The Bertz CT molecular complexity index is 700. The summed E-state index contributed by atoms with van der Waals surface area (Å²) in [6, 6.07) is 14.3. The number of halogens is 1. The Balaban J connectivity index is 1.85. The minimum atomic E-state index is -0.963. The molecule has 21 heavy (non-hydrogen) atoms. The molecule has 3 rings (SSSR count). The lowest BCUT2D eigenvalue weighted by Gasteiger charge is -2.11. The van der Waals surface area contributed by atoms with Gasteiger partial charge in [0.1, 0.15) is 17.1 Å². The molecule has 0 saturated carbocycles. The number of para-hydroxylation sites is 1. The number of hydrogen-bond acceptors (Lipinski definition) is 3. The molecule has 2 unspecified atom stereocenters. The lowest BCUT2D eigenvalue weighted by atomic mass is 9.97. The first-order valence-corrected chi connectivity index (χ1v) is 6.82. The van der Waals surface area contributed by atoms with Crippen LogP contribution in [0.2, 0.25) is 5.02 Å². The van der Waals surface area contributed by atoms with Gasteiger partial charge in [0.25, 0.3) is 0 Å². The van der Waals surface area contributed by atoms with E-state index in [9.17, 15) is 4.79 Å². The standard InChI is InChI=1S/C16H13ClO4/c1-16(14(21-16)15(18)19)10-5-4-6-11(9-10)20-13-8-3-2-7-12(13)17/h2-9,14H,1H3,(H,18,19). The molecule has 108 valence electrons. The molecule has 1 aliphatic rings. The molecule has 2 atom stereocenters. The van der Waals surface area contributed by atoms with Crippen LogP contribution in [0, 0.1) is 0 Å². The van der Waals surface area contributed by atoms with Gasteiger partial charge in [0, 0.05) is 0 Å². The van der Waals surface area contributed by atoms with E-state index in [0.29, 0.717) is 16.5 Å². The zero-order valence-electron chi connectivity index (χ0n) is 11.2. The first-order chi connectivity index (χ1) is 10.0. The zero-order chi connectivity index (χ0) is 15.0. The number of ether oxygens (including phenoxy) is 2. The number of aliphatic carboxylic acids is 1. The van der Waals surface area contributed by atoms with Crippen LogP contribution in [0.3, 0.4) is 0 Å². The maximum atomic E-state index is 11.0. The second-order valence-corrected chi connectivity index (χ2v) is 5.41. The van der Waals surface area contributed by atoms with Crippen molar-refractivity contribution in [3.63, 3.8) is 0 Å². The molecular weight excluding hydrogens is 292 g/mol. The maximum absolute atomic E-state index is 11.0. The minimum absolute atomic E-state index is 0.514. The number of hydrogen-bond donors (Lipinski definition) is 1. The summed E-state index contributed by atoms with van der Waals surface area (Å²) in [4.78, 5) is 11.0. The van der Waals surface area contributed by atoms with Crippen LogP contribution in [0.15, 0.2) is 48.5 Å². The van der Waals surface area contributed by atoms with E-state index >= 15 is 0 Å². The average Bonchev–Trinajstić information content (AvgIpc) is 3.16. The summed E-state index contributed by atoms with van der Waals surface area (Å²) in [5.74, 6) is 0.171.